The number of nitrogens with one attached hydrogen (secondary N) is 1. The number of amides is 1. The highest BCUT2D eigenvalue weighted by atomic mass is 16.4. The van der Waals surface area contributed by atoms with E-state index in [2.05, 4.69) is 15.3 Å². The van der Waals surface area contributed by atoms with Crippen molar-refractivity contribution in [2.75, 3.05) is 18.5 Å². The van der Waals surface area contributed by atoms with Crippen LogP contribution in [0.5, 0.6) is 0 Å². The fourth-order valence-corrected chi connectivity index (χ4v) is 1.41. The molecule has 19 heavy (non-hydrogen) atoms. The second-order valence-electron chi connectivity index (χ2n) is 4.44. The van der Waals surface area contributed by atoms with Crippen molar-refractivity contribution in [1.82, 2.24) is 15.3 Å². The summed E-state index contributed by atoms with van der Waals surface area (Å²) in [4.78, 5) is 32.5. The number of aromatic nitrogens is 2. The van der Waals surface area contributed by atoms with E-state index in [0.717, 1.165) is 0 Å². The molecule has 1 rings (SSSR count). The quantitative estimate of drug-likeness (QED) is 0.768. The van der Waals surface area contributed by atoms with Crippen molar-refractivity contribution in [2.45, 2.75) is 25.8 Å². The number of carboxylic acid groups (broad SMARTS) is 1. The molecule has 0 aromatic carbocycles. The molecule has 0 aliphatic carbocycles. The van der Waals surface area contributed by atoms with Crippen LogP contribution in [0.15, 0.2) is 18.5 Å². The molecule has 2 N–H and O–H groups in total. The van der Waals surface area contributed by atoms with Crippen LogP contribution < -0.4 is 10.2 Å². The largest absolute Gasteiger partial charge is 0.480 e. The molecule has 0 saturated carbocycles. The molecular weight excluding hydrogens is 248 g/mol. The Bertz CT molecular complexity index is 452. The molecule has 0 aliphatic rings. The van der Waals surface area contributed by atoms with Crippen LogP contribution in [0.25, 0.3) is 0 Å². The monoisotopic (exact) mass is 266 g/mol. The van der Waals surface area contributed by atoms with Gasteiger partial charge in [-0.1, -0.05) is 6.92 Å². The number of carbonyl (C=O) groups excluding carboxylic acids is 1. The molecular formula is C12H18N4O3. The number of carboxylic acids is 1. The number of hydrogen-bond acceptors (Lipinski definition) is 5. The van der Waals surface area contributed by atoms with E-state index in [9.17, 15) is 9.59 Å². The smallest absolute Gasteiger partial charge is 0.329 e. The highest BCUT2D eigenvalue weighted by Gasteiger charge is 2.32. The van der Waals surface area contributed by atoms with E-state index in [4.69, 9.17) is 5.11 Å². The van der Waals surface area contributed by atoms with Crippen LogP contribution in [-0.2, 0) is 9.59 Å². The van der Waals surface area contributed by atoms with Crippen molar-refractivity contribution in [2.24, 2.45) is 0 Å². The zero-order valence-corrected chi connectivity index (χ0v) is 11.3. The number of nitrogens with zero attached hydrogens (tertiary/aromatic N) is 3. The molecule has 1 aromatic rings. The lowest BCUT2D eigenvalue weighted by Crippen LogP contribution is -2.54. The van der Waals surface area contributed by atoms with Gasteiger partial charge in [0, 0.05) is 19.4 Å². The maximum atomic E-state index is 11.8. The molecule has 1 amide bonds. The molecule has 1 atom stereocenters. The Balaban J connectivity index is 2.63. The first-order valence-electron chi connectivity index (χ1n) is 5.91. The first-order valence-corrected chi connectivity index (χ1v) is 5.91. The van der Waals surface area contributed by atoms with Crippen LogP contribution in [-0.4, -0.2) is 46.1 Å². The second-order valence-corrected chi connectivity index (χ2v) is 4.44. The lowest BCUT2D eigenvalue weighted by atomic mass is 9.99. The van der Waals surface area contributed by atoms with E-state index in [1.165, 1.54) is 6.92 Å². The molecule has 0 spiro atoms. The van der Waals surface area contributed by atoms with Crippen LogP contribution in [0.1, 0.15) is 20.3 Å². The zero-order chi connectivity index (χ0) is 14.5. The summed E-state index contributed by atoms with van der Waals surface area (Å²) in [5, 5.41) is 11.6. The predicted octanol–water partition coefficient (Wildman–Crippen LogP) is 0.282. The number of anilines is 1. The van der Waals surface area contributed by atoms with Crippen molar-refractivity contribution in [1.29, 1.82) is 0 Å². The normalized spacial score (nSPS) is 13.4. The summed E-state index contributed by atoms with van der Waals surface area (Å²) in [6.07, 6.45) is 3.45. The van der Waals surface area contributed by atoms with Crippen molar-refractivity contribution in [3.8, 4) is 0 Å². The fraction of sp³-hybridized carbons (Fsp3) is 0.500. The Kier molecular flexibility index (Phi) is 4.80. The minimum atomic E-state index is -1.25. The van der Waals surface area contributed by atoms with E-state index in [1.807, 2.05) is 0 Å². The summed E-state index contributed by atoms with van der Waals surface area (Å²) in [6, 6.07) is 1.68. The number of rotatable bonds is 6. The van der Waals surface area contributed by atoms with Crippen LogP contribution in [0.2, 0.25) is 0 Å². The molecule has 1 heterocycles. The third kappa shape index (κ3) is 3.90. The molecule has 7 heteroatoms. The number of carbonyl (C=O) groups is 2. The van der Waals surface area contributed by atoms with Crippen molar-refractivity contribution in [3.63, 3.8) is 0 Å². The van der Waals surface area contributed by atoms with Gasteiger partial charge in [0.15, 0.2) is 0 Å². The van der Waals surface area contributed by atoms with Gasteiger partial charge in [0.1, 0.15) is 5.54 Å². The number of likely N-dealkylation sites (N-methyl/N-ethyl adjacent to an activating group) is 1. The Labute approximate surface area is 111 Å². The maximum Gasteiger partial charge on any atom is 0.329 e. The highest BCUT2D eigenvalue weighted by molar-refractivity contribution is 5.88. The topological polar surface area (TPSA) is 95.4 Å². The predicted molar refractivity (Wildman–Crippen MR) is 69.8 cm³/mol. The minimum absolute atomic E-state index is 0.00706. The molecule has 104 valence electrons. The van der Waals surface area contributed by atoms with Crippen molar-refractivity contribution >= 4 is 17.8 Å². The molecule has 0 fully saturated rings. The van der Waals surface area contributed by atoms with E-state index in [0.29, 0.717) is 12.4 Å². The third-order valence-electron chi connectivity index (χ3n) is 2.87. The Morgan fingerprint density at radius 3 is 2.47 bits per heavy atom. The molecule has 1 unspecified atom stereocenters. The molecule has 7 nitrogen and oxygen atoms in total. The average molecular weight is 266 g/mol. The summed E-state index contributed by atoms with van der Waals surface area (Å²) in [5.74, 6) is -1.03. The average Bonchev–Trinajstić information content (AvgIpc) is 2.39. The van der Waals surface area contributed by atoms with Gasteiger partial charge in [-0.05, 0) is 19.4 Å². The van der Waals surface area contributed by atoms with Gasteiger partial charge in [-0.3, -0.25) is 4.79 Å². The molecule has 1 aromatic heterocycles. The fourth-order valence-electron chi connectivity index (χ4n) is 1.41. The minimum Gasteiger partial charge on any atom is -0.480 e. The SMILES string of the molecule is CCC(C)(NC(=O)CN(C)c1ncccn1)C(=O)O. The summed E-state index contributed by atoms with van der Waals surface area (Å²) in [5.41, 5.74) is -1.25. The molecule has 0 saturated heterocycles. The molecule has 0 radical (unpaired) electrons. The summed E-state index contributed by atoms with van der Waals surface area (Å²) in [6.45, 7) is 3.18. The van der Waals surface area contributed by atoms with Gasteiger partial charge in [0.25, 0.3) is 0 Å². The lowest BCUT2D eigenvalue weighted by Gasteiger charge is -2.26. The van der Waals surface area contributed by atoms with Gasteiger partial charge >= 0.3 is 5.97 Å². The Hall–Kier alpha value is -2.18. The van der Waals surface area contributed by atoms with E-state index in [1.54, 1.807) is 37.3 Å². The third-order valence-corrected chi connectivity index (χ3v) is 2.87. The Morgan fingerprint density at radius 1 is 1.42 bits per heavy atom. The van der Waals surface area contributed by atoms with E-state index >= 15 is 0 Å². The number of hydrogen-bond donors (Lipinski definition) is 2. The Morgan fingerprint density at radius 2 is 2.00 bits per heavy atom. The van der Waals surface area contributed by atoms with Crippen LogP contribution in [0, 0.1) is 0 Å². The first-order chi connectivity index (χ1) is 8.89. The van der Waals surface area contributed by atoms with Gasteiger partial charge in [0.2, 0.25) is 11.9 Å². The lowest BCUT2D eigenvalue weighted by molar-refractivity contribution is -0.146. The van der Waals surface area contributed by atoms with Crippen LogP contribution in [0.4, 0.5) is 5.95 Å². The van der Waals surface area contributed by atoms with Crippen molar-refractivity contribution in [3.05, 3.63) is 18.5 Å². The second kappa shape index (κ2) is 6.12. The van der Waals surface area contributed by atoms with Gasteiger partial charge in [-0.15, -0.1) is 0 Å². The molecule has 0 aliphatic heterocycles. The van der Waals surface area contributed by atoms with E-state index < -0.39 is 11.5 Å². The summed E-state index contributed by atoms with van der Waals surface area (Å²) in [7, 11) is 1.67. The van der Waals surface area contributed by atoms with Gasteiger partial charge < -0.3 is 15.3 Å². The molecule has 0 bridgehead atoms. The first kappa shape index (κ1) is 14.9. The highest BCUT2D eigenvalue weighted by Crippen LogP contribution is 2.09. The maximum absolute atomic E-state index is 11.8. The zero-order valence-electron chi connectivity index (χ0n) is 11.3. The van der Waals surface area contributed by atoms with Crippen LogP contribution in [0.3, 0.4) is 0 Å². The van der Waals surface area contributed by atoms with E-state index in [-0.39, 0.29) is 12.5 Å². The van der Waals surface area contributed by atoms with Crippen LogP contribution >= 0.6 is 0 Å². The standard InChI is InChI=1S/C12H18N4O3/c1-4-12(2,10(18)19)15-9(17)8-16(3)11-13-6-5-7-14-11/h5-7H,4,8H2,1-3H3,(H,15,17)(H,18,19). The van der Waals surface area contributed by atoms with Crippen molar-refractivity contribution < 1.29 is 14.7 Å². The van der Waals surface area contributed by atoms with Gasteiger partial charge in [-0.25, -0.2) is 14.8 Å². The summed E-state index contributed by atoms with van der Waals surface area (Å²) < 4.78 is 0. The van der Waals surface area contributed by atoms with Gasteiger partial charge in [-0.2, -0.15) is 0 Å². The number of aliphatic carboxylic acids is 1. The summed E-state index contributed by atoms with van der Waals surface area (Å²) >= 11 is 0. The van der Waals surface area contributed by atoms with Gasteiger partial charge in [0.05, 0.1) is 6.54 Å².